The van der Waals surface area contributed by atoms with Gasteiger partial charge in [-0.3, -0.25) is 9.10 Å². The van der Waals surface area contributed by atoms with E-state index in [4.69, 9.17) is 0 Å². The summed E-state index contributed by atoms with van der Waals surface area (Å²) in [5.74, 6) is -0.159. The molecule has 196 valence electrons. The van der Waals surface area contributed by atoms with Crippen molar-refractivity contribution in [1.82, 2.24) is 5.32 Å². The predicted molar refractivity (Wildman–Crippen MR) is 152 cm³/mol. The van der Waals surface area contributed by atoms with Gasteiger partial charge >= 0.3 is 0 Å². The van der Waals surface area contributed by atoms with Crippen LogP contribution in [0.2, 0.25) is 0 Å². The fourth-order valence-corrected chi connectivity index (χ4v) is 5.72. The lowest BCUT2D eigenvalue weighted by atomic mass is 10.1. The molecular formula is C30H37N3O3S. The Kier molecular flexibility index (Phi) is 8.22. The van der Waals surface area contributed by atoms with Gasteiger partial charge < -0.3 is 10.2 Å². The third kappa shape index (κ3) is 6.72. The zero-order chi connectivity index (χ0) is 26.6. The average Bonchev–Trinajstić information content (AvgIpc) is 2.89. The minimum Gasteiger partial charge on any atom is -0.372 e. The van der Waals surface area contributed by atoms with Crippen molar-refractivity contribution in [2.75, 3.05) is 28.6 Å². The van der Waals surface area contributed by atoms with Gasteiger partial charge in [-0.2, -0.15) is 0 Å². The highest BCUT2D eigenvalue weighted by atomic mass is 32.2. The SMILES string of the molecule is Cc1ccc(C)c(N(Cc2ccc(C(=O)NC(C)c3ccc(N4CCCCC4)cc3)cc2)S(C)(=O)=O)c1. The molecule has 1 unspecified atom stereocenters. The molecule has 3 aromatic rings. The standard InChI is InChI=1S/C30H37N3O3S/c1-22-8-9-23(2)29(20-22)33(37(4,35)36)21-25-10-12-27(13-11-25)30(34)31-24(3)26-14-16-28(17-15-26)32-18-6-5-7-19-32/h8-17,20,24H,5-7,18-19,21H2,1-4H3,(H,31,34). The van der Waals surface area contributed by atoms with Gasteiger partial charge in [-0.1, -0.05) is 36.4 Å². The van der Waals surface area contributed by atoms with E-state index in [1.807, 2.05) is 51.1 Å². The first-order chi connectivity index (χ1) is 17.6. The zero-order valence-corrected chi connectivity index (χ0v) is 23.0. The number of nitrogens with zero attached hydrogens (tertiary/aromatic N) is 2. The third-order valence-corrected chi connectivity index (χ3v) is 8.16. The highest BCUT2D eigenvalue weighted by molar-refractivity contribution is 7.92. The number of nitrogens with one attached hydrogen (secondary N) is 1. The molecule has 1 N–H and O–H groups in total. The molecule has 3 aromatic carbocycles. The van der Waals surface area contributed by atoms with Crippen molar-refractivity contribution in [3.63, 3.8) is 0 Å². The van der Waals surface area contributed by atoms with Crippen LogP contribution in [0.1, 0.15) is 64.8 Å². The molecule has 7 heteroatoms. The van der Waals surface area contributed by atoms with Crippen LogP contribution in [0.25, 0.3) is 0 Å². The summed E-state index contributed by atoms with van der Waals surface area (Å²) in [5, 5.41) is 3.08. The molecule has 1 saturated heterocycles. The fraction of sp³-hybridized carbons (Fsp3) is 0.367. The Hall–Kier alpha value is -3.32. The van der Waals surface area contributed by atoms with Gasteiger partial charge in [0.2, 0.25) is 10.0 Å². The molecule has 0 aliphatic carbocycles. The van der Waals surface area contributed by atoms with Crippen LogP contribution in [-0.2, 0) is 16.6 Å². The topological polar surface area (TPSA) is 69.7 Å². The van der Waals surface area contributed by atoms with E-state index in [0.29, 0.717) is 11.3 Å². The molecule has 0 aromatic heterocycles. The second-order valence-corrected chi connectivity index (χ2v) is 12.0. The molecule has 0 bridgehead atoms. The van der Waals surface area contributed by atoms with E-state index in [9.17, 15) is 13.2 Å². The van der Waals surface area contributed by atoms with E-state index in [2.05, 4.69) is 34.5 Å². The maximum atomic E-state index is 12.9. The number of anilines is 2. The van der Waals surface area contributed by atoms with Crippen LogP contribution >= 0.6 is 0 Å². The molecule has 1 atom stereocenters. The molecule has 1 amide bonds. The van der Waals surface area contributed by atoms with Crippen molar-refractivity contribution in [2.45, 2.75) is 52.6 Å². The number of carbonyl (C=O) groups is 1. The predicted octanol–water partition coefficient (Wildman–Crippen LogP) is 5.75. The van der Waals surface area contributed by atoms with Crippen molar-refractivity contribution in [1.29, 1.82) is 0 Å². The van der Waals surface area contributed by atoms with Gasteiger partial charge in [-0.15, -0.1) is 0 Å². The summed E-state index contributed by atoms with van der Waals surface area (Å²) < 4.78 is 26.6. The number of hydrogen-bond donors (Lipinski definition) is 1. The Bertz CT molecular complexity index is 1330. The lowest BCUT2D eigenvalue weighted by Gasteiger charge is -2.29. The molecule has 6 nitrogen and oxygen atoms in total. The average molecular weight is 520 g/mol. The number of carbonyl (C=O) groups excluding carboxylic acids is 1. The van der Waals surface area contributed by atoms with Crippen LogP contribution < -0.4 is 14.5 Å². The van der Waals surface area contributed by atoms with Crippen molar-refractivity contribution >= 4 is 27.3 Å². The molecule has 0 saturated carbocycles. The van der Waals surface area contributed by atoms with Gasteiger partial charge in [0.25, 0.3) is 5.91 Å². The van der Waals surface area contributed by atoms with Gasteiger partial charge in [0, 0.05) is 24.3 Å². The number of rotatable bonds is 8. The van der Waals surface area contributed by atoms with Crippen LogP contribution in [0.4, 0.5) is 11.4 Å². The maximum Gasteiger partial charge on any atom is 0.251 e. The first-order valence-electron chi connectivity index (χ1n) is 12.9. The van der Waals surface area contributed by atoms with Crippen LogP contribution in [0.5, 0.6) is 0 Å². The molecular weight excluding hydrogens is 482 g/mol. The second kappa shape index (κ2) is 11.4. The Morgan fingerprint density at radius 3 is 2.22 bits per heavy atom. The molecule has 0 radical (unpaired) electrons. The fourth-order valence-electron chi connectivity index (χ4n) is 4.79. The number of hydrogen-bond acceptors (Lipinski definition) is 4. The number of sulfonamides is 1. The summed E-state index contributed by atoms with van der Waals surface area (Å²) >= 11 is 0. The third-order valence-electron chi connectivity index (χ3n) is 7.04. The summed E-state index contributed by atoms with van der Waals surface area (Å²) in [6.07, 6.45) is 5.01. The smallest absolute Gasteiger partial charge is 0.251 e. The minimum atomic E-state index is -3.49. The first kappa shape index (κ1) is 26.7. The lowest BCUT2D eigenvalue weighted by Crippen LogP contribution is -2.30. The first-order valence-corrected chi connectivity index (χ1v) is 14.8. The van der Waals surface area contributed by atoms with Gasteiger partial charge in [-0.05, 0) is 92.6 Å². The maximum absolute atomic E-state index is 12.9. The summed E-state index contributed by atoms with van der Waals surface area (Å²) in [7, 11) is -3.49. The Balaban J connectivity index is 1.41. The summed E-state index contributed by atoms with van der Waals surface area (Å²) in [6, 6.07) is 21.2. The van der Waals surface area contributed by atoms with E-state index in [1.54, 1.807) is 12.1 Å². The summed E-state index contributed by atoms with van der Waals surface area (Å²) in [5.41, 5.74) is 6.21. The summed E-state index contributed by atoms with van der Waals surface area (Å²) in [6.45, 7) is 8.24. The molecule has 1 fully saturated rings. The van der Waals surface area contributed by atoms with Crippen LogP contribution in [0.3, 0.4) is 0 Å². The quantitative estimate of drug-likeness (QED) is 0.411. The number of amides is 1. The molecule has 1 heterocycles. The lowest BCUT2D eigenvalue weighted by molar-refractivity contribution is 0.0940. The zero-order valence-electron chi connectivity index (χ0n) is 22.2. The minimum absolute atomic E-state index is 0.132. The van der Waals surface area contributed by atoms with E-state index >= 15 is 0 Å². The molecule has 1 aliphatic rings. The molecule has 37 heavy (non-hydrogen) atoms. The number of benzene rings is 3. The molecule has 4 rings (SSSR count). The van der Waals surface area contributed by atoms with E-state index in [-0.39, 0.29) is 18.5 Å². The number of aryl methyl sites for hydroxylation is 2. The normalized spacial score (nSPS) is 14.8. The van der Waals surface area contributed by atoms with E-state index in [1.165, 1.54) is 35.5 Å². The monoisotopic (exact) mass is 519 g/mol. The highest BCUT2D eigenvalue weighted by Crippen LogP contribution is 2.26. The Labute approximate surface area is 221 Å². The largest absolute Gasteiger partial charge is 0.372 e. The van der Waals surface area contributed by atoms with Crippen molar-refractivity contribution in [3.05, 3.63) is 94.5 Å². The van der Waals surface area contributed by atoms with Crippen LogP contribution in [0.15, 0.2) is 66.7 Å². The van der Waals surface area contributed by atoms with Crippen molar-refractivity contribution in [3.8, 4) is 0 Å². The second-order valence-electron chi connectivity index (χ2n) is 10.1. The van der Waals surface area contributed by atoms with Gasteiger partial charge in [0.05, 0.1) is 24.5 Å². The van der Waals surface area contributed by atoms with Crippen LogP contribution in [-0.4, -0.2) is 33.7 Å². The van der Waals surface area contributed by atoms with Gasteiger partial charge in [-0.25, -0.2) is 8.42 Å². The highest BCUT2D eigenvalue weighted by Gasteiger charge is 2.20. The molecule has 0 spiro atoms. The van der Waals surface area contributed by atoms with Gasteiger partial charge in [0.1, 0.15) is 0 Å². The van der Waals surface area contributed by atoms with Gasteiger partial charge in [0.15, 0.2) is 0 Å². The Morgan fingerprint density at radius 2 is 1.59 bits per heavy atom. The van der Waals surface area contributed by atoms with Crippen LogP contribution in [0, 0.1) is 13.8 Å². The summed E-state index contributed by atoms with van der Waals surface area (Å²) in [4.78, 5) is 15.3. The molecule has 1 aliphatic heterocycles. The number of piperidine rings is 1. The van der Waals surface area contributed by atoms with Crippen molar-refractivity contribution < 1.29 is 13.2 Å². The Morgan fingerprint density at radius 1 is 0.946 bits per heavy atom. The van der Waals surface area contributed by atoms with Crippen molar-refractivity contribution in [2.24, 2.45) is 0 Å². The van der Waals surface area contributed by atoms with E-state index in [0.717, 1.165) is 35.3 Å². The van der Waals surface area contributed by atoms with E-state index < -0.39 is 10.0 Å².